The molecule has 0 saturated heterocycles. The molecular weight excluding hydrogens is 436 g/mol. The Morgan fingerprint density at radius 2 is 1.81 bits per heavy atom. The summed E-state index contributed by atoms with van der Waals surface area (Å²) in [4.78, 5) is 30.3. The second-order valence-electron chi connectivity index (χ2n) is 8.72. The number of aryl methyl sites for hydroxylation is 3. The Morgan fingerprint density at radius 1 is 1.09 bits per heavy atom. The monoisotopic (exact) mass is 466 g/mol. The number of anilines is 1. The Bertz CT molecular complexity index is 1040. The first-order chi connectivity index (χ1) is 15.4. The van der Waals surface area contributed by atoms with Gasteiger partial charge in [0, 0.05) is 10.9 Å². The number of nitrogens with one attached hydrogen (secondary N) is 1. The van der Waals surface area contributed by atoms with E-state index in [1.165, 1.54) is 0 Å². The van der Waals surface area contributed by atoms with E-state index in [0.29, 0.717) is 0 Å². The van der Waals surface area contributed by atoms with E-state index in [2.05, 4.69) is 24.4 Å². The lowest BCUT2D eigenvalue weighted by atomic mass is 9.99. The van der Waals surface area contributed by atoms with Gasteiger partial charge in [-0.05, 0) is 78.6 Å². The number of benzene rings is 1. The predicted molar refractivity (Wildman–Crippen MR) is 134 cm³/mol. The molecule has 1 atom stereocenters. The van der Waals surface area contributed by atoms with Crippen LogP contribution in [0.1, 0.15) is 58.9 Å². The predicted octanol–water partition coefficient (Wildman–Crippen LogP) is 6.11. The van der Waals surface area contributed by atoms with Crippen LogP contribution in [-0.2, 0) is 16.0 Å². The fourth-order valence-electron chi connectivity index (χ4n) is 4.80. The van der Waals surface area contributed by atoms with Crippen molar-refractivity contribution < 1.29 is 9.59 Å². The molecule has 0 spiro atoms. The molecule has 2 heterocycles. The molecule has 0 bridgehead atoms. The highest BCUT2D eigenvalue weighted by Crippen LogP contribution is 2.36. The van der Waals surface area contributed by atoms with Crippen molar-refractivity contribution >= 4 is 40.2 Å². The second-order valence-corrected chi connectivity index (χ2v) is 10.5. The Labute approximate surface area is 198 Å². The molecule has 2 amide bonds. The number of carbonyl (C=O) groups excluding carboxylic acids is 2. The number of thiophene rings is 2. The minimum Gasteiger partial charge on any atom is -0.351 e. The van der Waals surface area contributed by atoms with Gasteiger partial charge in [-0.3, -0.25) is 14.5 Å². The summed E-state index contributed by atoms with van der Waals surface area (Å²) in [5, 5.41) is 9.20. The van der Waals surface area contributed by atoms with Gasteiger partial charge in [-0.2, -0.15) is 11.3 Å². The summed E-state index contributed by atoms with van der Waals surface area (Å²) < 4.78 is 0. The van der Waals surface area contributed by atoms with E-state index >= 15 is 0 Å². The first-order valence-corrected chi connectivity index (χ1v) is 13.0. The van der Waals surface area contributed by atoms with E-state index in [0.717, 1.165) is 58.5 Å². The molecule has 1 N–H and O–H groups in total. The highest BCUT2D eigenvalue weighted by molar-refractivity contribution is 7.10. The van der Waals surface area contributed by atoms with Crippen molar-refractivity contribution in [3.05, 3.63) is 73.6 Å². The maximum atomic E-state index is 13.8. The summed E-state index contributed by atoms with van der Waals surface area (Å²) in [6.45, 7) is 6.12. The quantitative estimate of drug-likeness (QED) is 0.457. The van der Waals surface area contributed by atoms with Gasteiger partial charge in [-0.25, -0.2) is 0 Å². The first kappa shape index (κ1) is 22.7. The summed E-state index contributed by atoms with van der Waals surface area (Å²) in [6, 6.07) is 9.60. The molecule has 32 heavy (non-hydrogen) atoms. The zero-order chi connectivity index (χ0) is 22.7. The highest BCUT2D eigenvalue weighted by Gasteiger charge is 2.36. The van der Waals surface area contributed by atoms with Crippen molar-refractivity contribution in [3.63, 3.8) is 0 Å². The number of carbonyl (C=O) groups is 2. The maximum absolute atomic E-state index is 13.8. The van der Waals surface area contributed by atoms with Crippen LogP contribution < -0.4 is 10.2 Å². The molecule has 3 aromatic rings. The van der Waals surface area contributed by atoms with Crippen LogP contribution in [0, 0.1) is 20.8 Å². The van der Waals surface area contributed by atoms with Gasteiger partial charge in [0.1, 0.15) is 6.04 Å². The molecule has 0 aliphatic heterocycles. The minimum absolute atomic E-state index is 0.0553. The van der Waals surface area contributed by atoms with Crippen LogP contribution in [0.25, 0.3) is 0 Å². The van der Waals surface area contributed by atoms with Gasteiger partial charge in [0.25, 0.3) is 0 Å². The van der Waals surface area contributed by atoms with Crippen LogP contribution in [-0.4, -0.2) is 17.9 Å². The van der Waals surface area contributed by atoms with E-state index in [4.69, 9.17) is 0 Å². The molecule has 1 saturated carbocycles. The van der Waals surface area contributed by atoms with Gasteiger partial charge in [-0.1, -0.05) is 36.6 Å². The molecule has 1 aromatic carbocycles. The van der Waals surface area contributed by atoms with Crippen LogP contribution in [0.3, 0.4) is 0 Å². The zero-order valence-corrected chi connectivity index (χ0v) is 20.5. The molecule has 1 aliphatic rings. The smallest absolute Gasteiger partial charge is 0.248 e. The van der Waals surface area contributed by atoms with Gasteiger partial charge in [0.05, 0.1) is 12.1 Å². The average Bonchev–Trinajstić information content (AvgIpc) is 3.50. The molecule has 4 rings (SSSR count). The molecule has 0 radical (unpaired) electrons. The molecule has 1 fully saturated rings. The second kappa shape index (κ2) is 10.0. The third-order valence-corrected chi connectivity index (χ3v) is 7.70. The van der Waals surface area contributed by atoms with Gasteiger partial charge in [0.2, 0.25) is 11.8 Å². The zero-order valence-electron chi connectivity index (χ0n) is 18.9. The Kier molecular flexibility index (Phi) is 7.11. The standard InChI is InChI=1S/C26H30N2O2S2/c1-17-13-18(2)24(19(3)14-17)28(23(29)15-22-9-6-11-32-22)25(20-10-12-31-16-20)26(30)27-21-7-4-5-8-21/h6,9-14,16,21,25H,4-5,7-8,15H2,1-3H3,(H,27,30)/t25-/m0/s1. The molecule has 2 aromatic heterocycles. The molecule has 6 heteroatoms. The molecule has 0 unspecified atom stereocenters. The molecule has 4 nitrogen and oxygen atoms in total. The van der Waals surface area contributed by atoms with Crippen LogP contribution in [0.2, 0.25) is 0 Å². The number of amides is 2. The number of rotatable bonds is 7. The van der Waals surface area contributed by atoms with Crippen molar-refractivity contribution in [3.8, 4) is 0 Å². The minimum atomic E-state index is -0.686. The van der Waals surface area contributed by atoms with Gasteiger partial charge in [0.15, 0.2) is 0 Å². The van der Waals surface area contributed by atoms with Crippen molar-refractivity contribution in [2.24, 2.45) is 0 Å². The third kappa shape index (κ3) is 4.97. The van der Waals surface area contributed by atoms with Crippen molar-refractivity contribution in [2.45, 2.75) is 65.0 Å². The maximum Gasteiger partial charge on any atom is 0.248 e. The molecular formula is C26H30N2O2S2. The third-order valence-electron chi connectivity index (χ3n) is 6.12. The lowest BCUT2D eigenvalue weighted by Gasteiger charge is -2.34. The number of hydrogen-bond acceptors (Lipinski definition) is 4. The van der Waals surface area contributed by atoms with Crippen LogP contribution in [0.4, 0.5) is 5.69 Å². The van der Waals surface area contributed by atoms with Crippen molar-refractivity contribution in [1.82, 2.24) is 5.32 Å². The Hall–Kier alpha value is -2.44. The van der Waals surface area contributed by atoms with E-state index in [1.54, 1.807) is 27.6 Å². The van der Waals surface area contributed by atoms with Gasteiger partial charge >= 0.3 is 0 Å². The topological polar surface area (TPSA) is 49.4 Å². The van der Waals surface area contributed by atoms with Crippen LogP contribution in [0.15, 0.2) is 46.5 Å². The average molecular weight is 467 g/mol. The first-order valence-electron chi connectivity index (χ1n) is 11.2. The van der Waals surface area contributed by atoms with E-state index < -0.39 is 6.04 Å². The summed E-state index contributed by atoms with van der Waals surface area (Å²) in [7, 11) is 0. The number of hydrogen-bond donors (Lipinski definition) is 1. The normalized spacial score (nSPS) is 15.0. The summed E-state index contributed by atoms with van der Waals surface area (Å²) in [5.41, 5.74) is 4.88. The Balaban J connectivity index is 1.79. The van der Waals surface area contributed by atoms with Crippen molar-refractivity contribution in [2.75, 3.05) is 4.90 Å². The molecule has 168 valence electrons. The lowest BCUT2D eigenvalue weighted by molar-refractivity contribution is -0.127. The lowest BCUT2D eigenvalue weighted by Crippen LogP contribution is -2.47. The fraction of sp³-hybridized carbons (Fsp3) is 0.385. The van der Waals surface area contributed by atoms with Crippen LogP contribution >= 0.6 is 22.7 Å². The van der Waals surface area contributed by atoms with Gasteiger partial charge < -0.3 is 5.32 Å². The van der Waals surface area contributed by atoms with Gasteiger partial charge in [-0.15, -0.1) is 11.3 Å². The number of nitrogens with zero attached hydrogens (tertiary/aromatic N) is 1. The van der Waals surface area contributed by atoms with Crippen molar-refractivity contribution in [1.29, 1.82) is 0 Å². The SMILES string of the molecule is Cc1cc(C)c(N(C(=O)Cc2cccs2)[C@H](C(=O)NC2CCCC2)c2ccsc2)c(C)c1. The highest BCUT2D eigenvalue weighted by atomic mass is 32.1. The fourth-order valence-corrected chi connectivity index (χ4v) is 6.17. The van der Waals surface area contributed by atoms with Crippen LogP contribution in [0.5, 0.6) is 0 Å². The molecule has 1 aliphatic carbocycles. The Morgan fingerprint density at radius 3 is 2.41 bits per heavy atom. The largest absolute Gasteiger partial charge is 0.351 e. The summed E-state index contributed by atoms with van der Waals surface area (Å²) >= 11 is 3.13. The van der Waals surface area contributed by atoms with E-state index in [1.807, 2.05) is 48.2 Å². The van der Waals surface area contributed by atoms with E-state index in [9.17, 15) is 9.59 Å². The summed E-state index contributed by atoms with van der Waals surface area (Å²) in [6.07, 6.45) is 4.58. The summed E-state index contributed by atoms with van der Waals surface area (Å²) in [5.74, 6) is -0.144. The van der Waals surface area contributed by atoms with E-state index in [-0.39, 0.29) is 24.3 Å².